The van der Waals surface area contributed by atoms with Crippen molar-refractivity contribution in [1.29, 1.82) is 0 Å². The van der Waals surface area contributed by atoms with Crippen molar-refractivity contribution in [2.75, 3.05) is 0 Å². The molecule has 0 spiro atoms. The summed E-state index contributed by atoms with van der Waals surface area (Å²) in [6, 6.07) is 0. The zero-order valence-electron chi connectivity index (χ0n) is 7.76. The van der Waals surface area contributed by atoms with Gasteiger partial charge in [0, 0.05) is 13.2 Å². The minimum atomic E-state index is -5.89. The highest BCUT2D eigenvalue weighted by atomic mass is 19.4. The topological polar surface area (TPSA) is 38.0 Å². The smallest absolute Gasteiger partial charge is 0.368 e. The third-order valence-corrected chi connectivity index (χ3v) is 1.90. The van der Waals surface area contributed by atoms with Crippen LogP contribution in [0.25, 0.3) is 0 Å². The fraction of sp³-hybridized carbons (Fsp3) is 0.571. The fourth-order valence-corrected chi connectivity index (χ4v) is 1.05. The molecule has 1 heterocycles. The van der Waals surface area contributed by atoms with Crippen LogP contribution in [-0.4, -0.2) is 27.0 Å². The van der Waals surface area contributed by atoms with Crippen LogP contribution < -0.4 is 0 Å². The van der Waals surface area contributed by atoms with Crippen molar-refractivity contribution < 1.29 is 31.4 Å². The molecular formula is C7H6F6N2O. The van der Waals surface area contributed by atoms with E-state index in [2.05, 4.69) is 4.98 Å². The largest absolute Gasteiger partial charge is 0.432 e. The Morgan fingerprint density at radius 3 is 1.81 bits per heavy atom. The number of hydrogen-bond donors (Lipinski definition) is 1. The Balaban J connectivity index is 3.38. The number of hydrogen-bond acceptors (Lipinski definition) is 2. The monoisotopic (exact) mass is 248 g/mol. The summed E-state index contributed by atoms with van der Waals surface area (Å²) in [5.41, 5.74) is -6.45. The summed E-state index contributed by atoms with van der Waals surface area (Å²) in [7, 11) is 1.18. The standard InChI is InChI=1S/C7H6F6N2O/c1-15-2-4(14-3-15)5(16,6(8,9)10)7(11,12)13/h2-3,16H,1H3. The third kappa shape index (κ3) is 1.75. The van der Waals surface area contributed by atoms with Gasteiger partial charge in [0.25, 0.3) is 0 Å². The summed E-state index contributed by atoms with van der Waals surface area (Å²) in [4.78, 5) is 2.89. The highest BCUT2D eigenvalue weighted by Gasteiger charge is 2.72. The van der Waals surface area contributed by atoms with Crippen LogP contribution in [0.4, 0.5) is 26.3 Å². The molecule has 9 heteroatoms. The Bertz CT molecular complexity index is 365. The second kappa shape index (κ2) is 3.37. The van der Waals surface area contributed by atoms with E-state index in [-0.39, 0.29) is 0 Å². The predicted octanol–water partition coefficient (Wildman–Crippen LogP) is 1.73. The van der Waals surface area contributed by atoms with Crippen LogP contribution in [-0.2, 0) is 12.6 Å². The number of nitrogens with zero attached hydrogens (tertiary/aromatic N) is 2. The lowest BCUT2D eigenvalue weighted by molar-refractivity contribution is -0.377. The van der Waals surface area contributed by atoms with Crippen molar-refractivity contribution in [1.82, 2.24) is 9.55 Å². The minimum Gasteiger partial charge on any atom is -0.368 e. The molecule has 1 rings (SSSR count). The van der Waals surface area contributed by atoms with Crippen molar-refractivity contribution in [3.8, 4) is 0 Å². The van der Waals surface area contributed by atoms with E-state index in [9.17, 15) is 26.3 Å². The van der Waals surface area contributed by atoms with Crippen LogP contribution in [0.15, 0.2) is 12.5 Å². The Hall–Kier alpha value is -1.25. The number of halogens is 6. The van der Waals surface area contributed by atoms with Gasteiger partial charge in [-0.15, -0.1) is 0 Å². The first kappa shape index (κ1) is 12.8. The molecule has 0 amide bonds. The summed E-state index contributed by atoms with van der Waals surface area (Å²) in [5.74, 6) is 0. The molecule has 0 atom stereocenters. The molecule has 0 fully saturated rings. The Kier molecular flexibility index (Phi) is 2.70. The van der Waals surface area contributed by atoms with E-state index in [4.69, 9.17) is 5.11 Å². The van der Waals surface area contributed by atoms with Crippen molar-refractivity contribution in [2.45, 2.75) is 18.0 Å². The van der Waals surface area contributed by atoms with E-state index in [1.165, 1.54) is 7.05 Å². The van der Waals surface area contributed by atoms with Gasteiger partial charge in [-0.25, -0.2) is 4.98 Å². The third-order valence-electron chi connectivity index (χ3n) is 1.90. The van der Waals surface area contributed by atoms with Gasteiger partial charge < -0.3 is 9.67 Å². The van der Waals surface area contributed by atoms with Gasteiger partial charge in [-0.05, 0) is 0 Å². The second-order valence-electron chi connectivity index (χ2n) is 3.13. The van der Waals surface area contributed by atoms with Gasteiger partial charge in [0.05, 0.1) is 6.33 Å². The van der Waals surface area contributed by atoms with E-state index in [0.29, 0.717) is 6.20 Å². The minimum absolute atomic E-state index is 0.459. The van der Waals surface area contributed by atoms with E-state index in [1.54, 1.807) is 0 Å². The van der Waals surface area contributed by atoms with Gasteiger partial charge >= 0.3 is 18.0 Å². The van der Waals surface area contributed by atoms with Gasteiger partial charge in [-0.2, -0.15) is 26.3 Å². The lowest BCUT2D eigenvalue weighted by atomic mass is 9.99. The first-order chi connectivity index (χ1) is 7.00. The summed E-state index contributed by atoms with van der Waals surface area (Å²) < 4.78 is 74.5. The van der Waals surface area contributed by atoms with Gasteiger partial charge in [-0.1, -0.05) is 0 Å². The molecule has 0 saturated carbocycles. The Morgan fingerprint density at radius 1 is 1.12 bits per heavy atom. The van der Waals surface area contributed by atoms with Crippen molar-refractivity contribution in [2.24, 2.45) is 7.05 Å². The van der Waals surface area contributed by atoms with E-state index < -0.39 is 23.6 Å². The van der Waals surface area contributed by atoms with Crippen LogP contribution in [0, 0.1) is 0 Å². The number of aromatic nitrogens is 2. The zero-order chi connectivity index (χ0) is 12.8. The van der Waals surface area contributed by atoms with Crippen LogP contribution in [0.1, 0.15) is 5.69 Å². The van der Waals surface area contributed by atoms with Crippen LogP contribution in [0.3, 0.4) is 0 Å². The van der Waals surface area contributed by atoms with Crippen LogP contribution in [0.5, 0.6) is 0 Å². The van der Waals surface area contributed by atoms with E-state index >= 15 is 0 Å². The van der Waals surface area contributed by atoms with E-state index in [1.807, 2.05) is 0 Å². The molecule has 1 N–H and O–H groups in total. The first-order valence-electron chi connectivity index (χ1n) is 3.84. The lowest BCUT2D eigenvalue weighted by Gasteiger charge is -2.30. The average molecular weight is 248 g/mol. The molecule has 0 radical (unpaired) electrons. The molecular weight excluding hydrogens is 242 g/mol. The fourth-order valence-electron chi connectivity index (χ4n) is 1.05. The number of rotatable bonds is 1. The summed E-state index contributed by atoms with van der Waals surface area (Å²) in [5, 5.41) is 8.84. The van der Waals surface area contributed by atoms with Crippen LogP contribution in [0.2, 0.25) is 0 Å². The Morgan fingerprint density at radius 2 is 1.56 bits per heavy atom. The van der Waals surface area contributed by atoms with Gasteiger partial charge in [-0.3, -0.25) is 0 Å². The highest BCUT2D eigenvalue weighted by molar-refractivity contribution is 5.15. The summed E-state index contributed by atoms with van der Waals surface area (Å²) in [6.45, 7) is 0. The highest BCUT2D eigenvalue weighted by Crippen LogP contribution is 2.49. The molecule has 1 aromatic rings. The lowest BCUT2D eigenvalue weighted by Crippen LogP contribution is -2.54. The van der Waals surface area contributed by atoms with E-state index in [0.717, 1.165) is 10.9 Å². The molecule has 0 aliphatic rings. The number of aryl methyl sites for hydroxylation is 1. The molecule has 0 aliphatic heterocycles. The average Bonchev–Trinajstić information content (AvgIpc) is 2.46. The maximum atomic E-state index is 12.3. The first-order valence-corrected chi connectivity index (χ1v) is 3.84. The molecule has 3 nitrogen and oxygen atoms in total. The molecule has 0 aromatic carbocycles. The number of alkyl halides is 6. The van der Waals surface area contributed by atoms with Gasteiger partial charge in [0.2, 0.25) is 0 Å². The van der Waals surface area contributed by atoms with Crippen molar-refractivity contribution in [3.05, 3.63) is 18.2 Å². The molecule has 1 aromatic heterocycles. The maximum absolute atomic E-state index is 12.3. The number of imidazole rings is 1. The second-order valence-corrected chi connectivity index (χ2v) is 3.13. The quantitative estimate of drug-likeness (QED) is 0.768. The van der Waals surface area contributed by atoms with Gasteiger partial charge in [0.15, 0.2) is 0 Å². The molecule has 0 unspecified atom stereocenters. The van der Waals surface area contributed by atoms with Crippen LogP contribution >= 0.6 is 0 Å². The molecule has 0 aliphatic carbocycles. The van der Waals surface area contributed by atoms with Gasteiger partial charge in [0.1, 0.15) is 5.69 Å². The van der Waals surface area contributed by atoms with Crippen molar-refractivity contribution in [3.63, 3.8) is 0 Å². The molecule has 16 heavy (non-hydrogen) atoms. The number of aliphatic hydroxyl groups is 1. The SMILES string of the molecule is Cn1cnc(C(O)(C(F)(F)F)C(F)(F)F)c1. The summed E-state index contributed by atoms with van der Waals surface area (Å²) >= 11 is 0. The molecule has 0 saturated heterocycles. The molecule has 92 valence electrons. The maximum Gasteiger partial charge on any atom is 0.432 e. The predicted molar refractivity (Wildman–Crippen MR) is 39.2 cm³/mol. The Labute approximate surface area is 85.3 Å². The summed E-state index contributed by atoms with van der Waals surface area (Å²) in [6.07, 6.45) is -10.6. The van der Waals surface area contributed by atoms with Crippen molar-refractivity contribution >= 4 is 0 Å². The normalized spacial score (nSPS) is 14.2. The zero-order valence-corrected chi connectivity index (χ0v) is 7.76. The molecule has 0 bridgehead atoms.